The van der Waals surface area contributed by atoms with Crippen molar-refractivity contribution in [1.82, 2.24) is 14.5 Å². The van der Waals surface area contributed by atoms with Gasteiger partial charge in [-0.15, -0.1) is 0 Å². The molecule has 2 aromatic heterocycles. The van der Waals surface area contributed by atoms with Gasteiger partial charge in [0.2, 0.25) is 5.95 Å². The van der Waals surface area contributed by atoms with Gasteiger partial charge in [0.15, 0.2) is 5.65 Å². The van der Waals surface area contributed by atoms with Gasteiger partial charge in [-0.3, -0.25) is 4.57 Å². The van der Waals surface area contributed by atoms with Gasteiger partial charge in [0, 0.05) is 11.7 Å². The van der Waals surface area contributed by atoms with E-state index in [-0.39, 0.29) is 5.54 Å². The number of nitrogen functional groups attached to an aromatic ring is 1. The molecule has 1 aliphatic carbocycles. The number of nitrogens with two attached hydrogens (primary N) is 1. The second kappa shape index (κ2) is 3.45. The van der Waals surface area contributed by atoms with Crippen molar-refractivity contribution in [3.8, 4) is 0 Å². The van der Waals surface area contributed by atoms with E-state index in [2.05, 4.69) is 28.4 Å². The van der Waals surface area contributed by atoms with Gasteiger partial charge in [-0.25, -0.2) is 9.97 Å². The zero-order valence-corrected chi connectivity index (χ0v) is 10.4. The molecule has 4 nitrogen and oxygen atoms in total. The lowest BCUT2D eigenvalue weighted by atomic mass is 9.74. The van der Waals surface area contributed by atoms with E-state index >= 15 is 0 Å². The van der Waals surface area contributed by atoms with Gasteiger partial charge in [0.1, 0.15) is 5.52 Å². The molecule has 90 valence electrons. The summed E-state index contributed by atoms with van der Waals surface area (Å²) in [5.74, 6) is 0.614. The maximum atomic E-state index is 6.11. The quantitative estimate of drug-likeness (QED) is 0.862. The normalized spacial score (nSPS) is 18.2. The molecule has 2 aromatic rings. The number of imidazole rings is 1. The Morgan fingerprint density at radius 2 is 2.24 bits per heavy atom. The van der Waals surface area contributed by atoms with Crippen LogP contribution in [0.15, 0.2) is 12.3 Å². The number of hydrogen-bond acceptors (Lipinski definition) is 3. The molecule has 4 heteroatoms. The lowest BCUT2D eigenvalue weighted by Crippen LogP contribution is -2.40. The van der Waals surface area contributed by atoms with Crippen LogP contribution in [0, 0.1) is 6.92 Å². The van der Waals surface area contributed by atoms with Crippen molar-refractivity contribution in [3.05, 3.63) is 17.8 Å². The SMILES string of the molecule is CCC1(n2c(N)nc3c(C)ccnc32)CCC1. The average Bonchev–Trinajstić information content (AvgIpc) is 2.58. The Balaban J connectivity index is 2.29. The van der Waals surface area contributed by atoms with Crippen LogP contribution in [0.2, 0.25) is 0 Å². The molecule has 0 atom stereocenters. The van der Waals surface area contributed by atoms with Gasteiger partial charge >= 0.3 is 0 Å². The number of rotatable bonds is 2. The molecule has 0 saturated heterocycles. The first-order valence-electron chi connectivity index (χ1n) is 6.28. The summed E-state index contributed by atoms with van der Waals surface area (Å²) >= 11 is 0. The average molecular weight is 230 g/mol. The first-order chi connectivity index (χ1) is 8.18. The maximum Gasteiger partial charge on any atom is 0.202 e. The minimum absolute atomic E-state index is 0.166. The Morgan fingerprint density at radius 3 is 2.82 bits per heavy atom. The van der Waals surface area contributed by atoms with Crippen LogP contribution in [0.5, 0.6) is 0 Å². The van der Waals surface area contributed by atoms with Gasteiger partial charge in [-0.1, -0.05) is 6.92 Å². The molecule has 1 fully saturated rings. The number of fused-ring (bicyclic) bond motifs is 1. The molecule has 0 aliphatic heterocycles. The first-order valence-corrected chi connectivity index (χ1v) is 6.28. The van der Waals surface area contributed by atoms with E-state index in [0.29, 0.717) is 5.95 Å². The van der Waals surface area contributed by atoms with Crippen LogP contribution in [0.3, 0.4) is 0 Å². The lowest BCUT2D eigenvalue weighted by molar-refractivity contribution is 0.144. The van der Waals surface area contributed by atoms with Crippen molar-refractivity contribution in [3.63, 3.8) is 0 Å². The van der Waals surface area contributed by atoms with Gasteiger partial charge in [0.25, 0.3) is 0 Å². The Bertz CT molecular complexity index is 561. The van der Waals surface area contributed by atoms with E-state index in [1.807, 2.05) is 12.3 Å². The summed E-state index contributed by atoms with van der Waals surface area (Å²) in [7, 11) is 0. The molecule has 0 bridgehead atoms. The van der Waals surface area contributed by atoms with Crippen LogP contribution in [0.4, 0.5) is 5.95 Å². The zero-order valence-electron chi connectivity index (χ0n) is 10.4. The van der Waals surface area contributed by atoms with E-state index in [1.54, 1.807) is 0 Å². The monoisotopic (exact) mass is 230 g/mol. The van der Waals surface area contributed by atoms with Crippen molar-refractivity contribution in [2.45, 2.75) is 45.1 Å². The van der Waals surface area contributed by atoms with Gasteiger partial charge < -0.3 is 5.73 Å². The van der Waals surface area contributed by atoms with Gasteiger partial charge in [-0.05, 0) is 44.2 Å². The third-order valence-electron chi connectivity index (χ3n) is 4.19. The Hall–Kier alpha value is -1.58. The standard InChI is InChI=1S/C13H18N4/c1-3-13(6-4-7-13)17-11-10(16-12(17)14)9(2)5-8-15-11/h5,8H,3-4,6-7H2,1-2H3,(H2,14,16). The number of anilines is 1. The Morgan fingerprint density at radius 1 is 1.47 bits per heavy atom. The molecule has 17 heavy (non-hydrogen) atoms. The highest BCUT2D eigenvalue weighted by Gasteiger charge is 2.39. The van der Waals surface area contributed by atoms with Crippen LogP contribution >= 0.6 is 0 Å². The van der Waals surface area contributed by atoms with E-state index in [0.717, 1.165) is 23.1 Å². The molecule has 0 spiro atoms. The fourth-order valence-corrected chi connectivity index (χ4v) is 2.90. The van der Waals surface area contributed by atoms with Crippen molar-refractivity contribution in [1.29, 1.82) is 0 Å². The molecule has 1 saturated carbocycles. The molecule has 0 amide bonds. The highest BCUT2D eigenvalue weighted by atomic mass is 15.2. The molecule has 2 heterocycles. The van der Waals surface area contributed by atoms with E-state index in [4.69, 9.17) is 5.73 Å². The third kappa shape index (κ3) is 1.30. The number of aryl methyl sites for hydroxylation is 1. The van der Waals surface area contributed by atoms with E-state index in [9.17, 15) is 0 Å². The van der Waals surface area contributed by atoms with Gasteiger partial charge in [0.05, 0.1) is 0 Å². The van der Waals surface area contributed by atoms with Gasteiger partial charge in [-0.2, -0.15) is 0 Å². The number of pyridine rings is 1. The maximum absolute atomic E-state index is 6.11. The Labute approximate surface area is 101 Å². The van der Waals surface area contributed by atoms with E-state index < -0.39 is 0 Å². The number of nitrogens with zero attached hydrogens (tertiary/aromatic N) is 3. The number of hydrogen-bond donors (Lipinski definition) is 1. The second-order valence-electron chi connectivity index (χ2n) is 5.04. The number of aromatic nitrogens is 3. The lowest BCUT2D eigenvalue weighted by Gasteiger charge is -2.43. The molecular weight excluding hydrogens is 212 g/mol. The van der Waals surface area contributed by atoms with Crippen LogP contribution in [0.1, 0.15) is 38.2 Å². The summed E-state index contributed by atoms with van der Waals surface area (Å²) < 4.78 is 2.17. The predicted molar refractivity (Wildman–Crippen MR) is 68.8 cm³/mol. The van der Waals surface area contributed by atoms with Crippen LogP contribution in [-0.2, 0) is 5.54 Å². The summed E-state index contributed by atoms with van der Waals surface area (Å²) in [6, 6.07) is 1.98. The largest absolute Gasteiger partial charge is 0.369 e. The van der Waals surface area contributed by atoms with Crippen LogP contribution in [0.25, 0.3) is 11.2 Å². The molecular formula is C13H18N4. The molecule has 0 unspecified atom stereocenters. The predicted octanol–water partition coefficient (Wildman–Crippen LogP) is 2.61. The minimum atomic E-state index is 0.166. The summed E-state index contributed by atoms with van der Waals surface area (Å²) in [6.45, 7) is 4.28. The second-order valence-corrected chi connectivity index (χ2v) is 5.04. The van der Waals surface area contributed by atoms with Crippen molar-refractivity contribution in [2.24, 2.45) is 0 Å². The smallest absolute Gasteiger partial charge is 0.202 e. The minimum Gasteiger partial charge on any atom is -0.369 e. The van der Waals surface area contributed by atoms with Crippen LogP contribution < -0.4 is 5.73 Å². The summed E-state index contributed by atoms with van der Waals surface area (Å²) in [5, 5.41) is 0. The molecule has 1 aliphatic rings. The summed E-state index contributed by atoms with van der Waals surface area (Å²) in [6.07, 6.45) is 6.60. The fraction of sp³-hybridized carbons (Fsp3) is 0.538. The van der Waals surface area contributed by atoms with Crippen molar-refractivity contribution in [2.75, 3.05) is 5.73 Å². The zero-order chi connectivity index (χ0) is 12.0. The molecule has 0 radical (unpaired) electrons. The highest BCUT2D eigenvalue weighted by molar-refractivity contribution is 5.78. The van der Waals surface area contributed by atoms with E-state index in [1.165, 1.54) is 19.3 Å². The van der Waals surface area contributed by atoms with Crippen molar-refractivity contribution >= 4 is 17.1 Å². The fourth-order valence-electron chi connectivity index (χ4n) is 2.90. The molecule has 0 aromatic carbocycles. The third-order valence-corrected chi connectivity index (χ3v) is 4.19. The van der Waals surface area contributed by atoms with Crippen molar-refractivity contribution < 1.29 is 0 Å². The Kier molecular flexibility index (Phi) is 2.15. The highest BCUT2D eigenvalue weighted by Crippen LogP contribution is 2.44. The van der Waals surface area contributed by atoms with Crippen LogP contribution in [-0.4, -0.2) is 14.5 Å². The summed E-state index contributed by atoms with van der Waals surface area (Å²) in [4.78, 5) is 8.97. The molecule has 3 rings (SSSR count). The first kappa shape index (κ1) is 10.6. The topological polar surface area (TPSA) is 56.7 Å². The molecule has 2 N–H and O–H groups in total. The summed E-state index contributed by atoms with van der Waals surface area (Å²) in [5.41, 5.74) is 9.31.